The van der Waals surface area contributed by atoms with Crippen LogP contribution in [-0.4, -0.2) is 46.2 Å². The first-order valence-electron chi connectivity index (χ1n) is 6.26. The summed E-state index contributed by atoms with van der Waals surface area (Å²) < 4.78 is 2.10. The number of aromatic nitrogens is 2. The quantitative estimate of drug-likeness (QED) is 0.916. The molecule has 5 heteroatoms. The monoisotopic (exact) mass is 261 g/mol. The molecule has 1 aromatic carbocycles. The highest BCUT2D eigenvalue weighted by Gasteiger charge is 2.15. The van der Waals surface area contributed by atoms with Gasteiger partial charge in [-0.05, 0) is 46.1 Å². The fourth-order valence-corrected chi connectivity index (χ4v) is 2.51. The summed E-state index contributed by atoms with van der Waals surface area (Å²) in [5.74, 6) is -0.000505. The van der Waals surface area contributed by atoms with Crippen molar-refractivity contribution >= 4 is 17.0 Å². The molecule has 0 fully saturated rings. The number of aromatic carboxylic acids is 1. The molecule has 2 rings (SSSR count). The number of aryl methyl sites for hydroxylation is 1. The van der Waals surface area contributed by atoms with Gasteiger partial charge in [0.1, 0.15) is 5.82 Å². The average molecular weight is 261 g/mol. The minimum Gasteiger partial charge on any atom is -0.478 e. The molecule has 0 aliphatic rings. The van der Waals surface area contributed by atoms with Gasteiger partial charge in [0.2, 0.25) is 0 Å². The normalized spacial score (nSPS) is 13.1. The van der Waals surface area contributed by atoms with E-state index in [1.165, 1.54) is 0 Å². The Morgan fingerprint density at radius 1 is 1.47 bits per heavy atom. The molecular weight excluding hydrogens is 242 g/mol. The van der Waals surface area contributed by atoms with Crippen LogP contribution in [0.2, 0.25) is 0 Å². The maximum absolute atomic E-state index is 11.1. The van der Waals surface area contributed by atoms with Crippen LogP contribution in [0.3, 0.4) is 0 Å². The molecule has 1 aromatic heterocycles. The molecule has 102 valence electrons. The van der Waals surface area contributed by atoms with Crippen LogP contribution in [0.1, 0.15) is 29.1 Å². The highest BCUT2D eigenvalue weighted by molar-refractivity contribution is 5.92. The van der Waals surface area contributed by atoms with Crippen LogP contribution >= 0.6 is 0 Å². The Bertz CT molecular complexity index is 616. The first kappa shape index (κ1) is 13.5. The Kier molecular flexibility index (Phi) is 3.57. The summed E-state index contributed by atoms with van der Waals surface area (Å²) in [4.78, 5) is 17.7. The summed E-state index contributed by atoms with van der Waals surface area (Å²) in [5, 5.41) is 9.09. The van der Waals surface area contributed by atoms with Crippen LogP contribution in [0.4, 0.5) is 0 Å². The molecule has 5 nitrogen and oxygen atoms in total. The standard InChI is InChI=1S/C14H19N3O2/c1-9(8-16(3)4)17-10(2)15-12-6-5-11(14(18)19)7-13(12)17/h5-7,9H,8H2,1-4H3,(H,18,19). The van der Waals surface area contributed by atoms with Crippen LogP contribution < -0.4 is 0 Å². The Morgan fingerprint density at radius 3 is 2.74 bits per heavy atom. The summed E-state index contributed by atoms with van der Waals surface area (Å²) in [7, 11) is 4.04. The summed E-state index contributed by atoms with van der Waals surface area (Å²) in [6.45, 7) is 4.94. The SMILES string of the molecule is Cc1nc2ccc(C(=O)O)cc2n1C(C)CN(C)C. The second kappa shape index (κ2) is 5.01. The Hall–Kier alpha value is -1.88. The lowest BCUT2D eigenvalue weighted by Gasteiger charge is -2.20. The third kappa shape index (κ3) is 2.61. The zero-order valence-electron chi connectivity index (χ0n) is 11.7. The largest absolute Gasteiger partial charge is 0.478 e. The van der Waals surface area contributed by atoms with E-state index in [0.717, 1.165) is 23.4 Å². The number of imidazole rings is 1. The molecule has 1 unspecified atom stereocenters. The van der Waals surface area contributed by atoms with Gasteiger partial charge in [-0.25, -0.2) is 9.78 Å². The number of hydrogen-bond acceptors (Lipinski definition) is 3. The zero-order chi connectivity index (χ0) is 14.2. The number of rotatable bonds is 4. The van der Waals surface area contributed by atoms with Crippen molar-refractivity contribution in [1.82, 2.24) is 14.5 Å². The van der Waals surface area contributed by atoms with Gasteiger partial charge in [-0.3, -0.25) is 0 Å². The first-order chi connectivity index (χ1) is 8.90. The first-order valence-corrected chi connectivity index (χ1v) is 6.26. The predicted molar refractivity (Wildman–Crippen MR) is 74.7 cm³/mol. The summed E-state index contributed by atoms with van der Waals surface area (Å²) in [6, 6.07) is 5.30. The van der Waals surface area contributed by atoms with E-state index in [1.807, 2.05) is 21.0 Å². The predicted octanol–water partition coefficient (Wildman–Crippen LogP) is 2.17. The minimum absolute atomic E-state index is 0.240. The third-order valence-corrected chi connectivity index (χ3v) is 3.18. The summed E-state index contributed by atoms with van der Waals surface area (Å²) >= 11 is 0. The van der Waals surface area contributed by atoms with Crippen LogP contribution in [0, 0.1) is 6.92 Å². The fraction of sp³-hybridized carbons (Fsp3) is 0.429. The lowest BCUT2D eigenvalue weighted by atomic mass is 10.2. The smallest absolute Gasteiger partial charge is 0.335 e. The second-order valence-corrected chi connectivity index (χ2v) is 5.15. The van der Waals surface area contributed by atoms with E-state index >= 15 is 0 Å². The lowest BCUT2D eigenvalue weighted by molar-refractivity contribution is 0.0697. The maximum Gasteiger partial charge on any atom is 0.335 e. The lowest BCUT2D eigenvalue weighted by Crippen LogP contribution is -2.23. The number of carboxylic acids is 1. The van der Waals surface area contributed by atoms with E-state index in [0.29, 0.717) is 5.56 Å². The molecule has 1 atom stereocenters. The van der Waals surface area contributed by atoms with Gasteiger partial charge < -0.3 is 14.6 Å². The molecule has 0 amide bonds. The van der Waals surface area contributed by atoms with Gasteiger partial charge in [-0.15, -0.1) is 0 Å². The van der Waals surface area contributed by atoms with Gasteiger partial charge in [0.15, 0.2) is 0 Å². The van der Waals surface area contributed by atoms with E-state index in [4.69, 9.17) is 5.11 Å². The summed E-state index contributed by atoms with van der Waals surface area (Å²) in [5.41, 5.74) is 2.02. The number of carboxylic acid groups (broad SMARTS) is 1. The molecule has 1 N–H and O–H groups in total. The van der Waals surface area contributed by atoms with Gasteiger partial charge >= 0.3 is 5.97 Å². The zero-order valence-corrected chi connectivity index (χ0v) is 11.7. The van der Waals surface area contributed by atoms with Crippen LogP contribution in [0.15, 0.2) is 18.2 Å². The van der Waals surface area contributed by atoms with E-state index in [-0.39, 0.29) is 6.04 Å². The third-order valence-electron chi connectivity index (χ3n) is 3.18. The number of likely N-dealkylation sites (N-methyl/N-ethyl adjacent to an activating group) is 1. The maximum atomic E-state index is 11.1. The van der Waals surface area contributed by atoms with Crippen LogP contribution in [0.25, 0.3) is 11.0 Å². The molecule has 0 saturated heterocycles. The van der Waals surface area contributed by atoms with Crippen molar-refractivity contribution in [3.8, 4) is 0 Å². The van der Waals surface area contributed by atoms with Crippen molar-refractivity contribution in [1.29, 1.82) is 0 Å². The molecule has 0 bridgehead atoms. The Balaban J connectivity index is 2.55. The highest BCUT2D eigenvalue weighted by atomic mass is 16.4. The average Bonchev–Trinajstić information content (AvgIpc) is 2.62. The number of carbonyl (C=O) groups is 1. The number of fused-ring (bicyclic) bond motifs is 1. The van der Waals surface area contributed by atoms with Gasteiger partial charge in [0.05, 0.1) is 16.6 Å². The van der Waals surface area contributed by atoms with E-state index in [1.54, 1.807) is 18.2 Å². The molecule has 0 saturated carbocycles. The van der Waals surface area contributed by atoms with Crippen LogP contribution in [-0.2, 0) is 0 Å². The van der Waals surface area contributed by atoms with E-state index in [2.05, 4.69) is 21.4 Å². The van der Waals surface area contributed by atoms with Gasteiger partial charge in [0.25, 0.3) is 0 Å². The molecule has 1 heterocycles. The second-order valence-electron chi connectivity index (χ2n) is 5.15. The highest BCUT2D eigenvalue weighted by Crippen LogP contribution is 2.22. The number of nitrogens with zero attached hydrogens (tertiary/aromatic N) is 3. The molecule has 0 radical (unpaired) electrons. The van der Waals surface area contributed by atoms with Crippen molar-refractivity contribution in [3.05, 3.63) is 29.6 Å². The molecule has 2 aromatic rings. The van der Waals surface area contributed by atoms with E-state index in [9.17, 15) is 4.79 Å². The van der Waals surface area contributed by atoms with Crippen molar-refractivity contribution in [2.24, 2.45) is 0 Å². The molecule has 0 spiro atoms. The molecular formula is C14H19N3O2. The van der Waals surface area contributed by atoms with Crippen molar-refractivity contribution < 1.29 is 9.90 Å². The topological polar surface area (TPSA) is 58.4 Å². The number of benzene rings is 1. The minimum atomic E-state index is -0.910. The van der Waals surface area contributed by atoms with E-state index < -0.39 is 5.97 Å². The molecule has 0 aliphatic carbocycles. The molecule has 0 aliphatic heterocycles. The van der Waals surface area contributed by atoms with Crippen molar-refractivity contribution in [2.75, 3.05) is 20.6 Å². The molecule has 19 heavy (non-hydrogen) atoms. The van der Waals surface area contributed by atoms with Crippen molar-refractivity contribution in [2.45, 2.75) is 19.9 Å². The summed E-state index contributed by atoms with van der Waals surface area (Å²) in [6.07, 6.45) is 0. The Labute approximate surface area is 112 Å². The van der Waals surface area contributed by atoms with Gasteiger partial charge in [-0.1, -0.05) is 0 Å². The fourth-order valence-electron chi connectivity index (χ4n) is 2.51. The van der Waals surface area contributed by atoms with Crippen molar-refractivity contribution in [3.63, 3.8) is 0 Å². The van der Waals surface area contributed by atoms with Gasteiger partial charge in [0, 0.05) is 12.6 Å². The van der Waals surface area contributed by atoms with Crippen LogP contribution in [0.5, 0.6) is 0 Å². The Morgan fingerprint density at radius 2 is 2.16 bits per heavy atom. The van der Waals surface area contributed by atoms with Gasteiger partial charge in [-0.2, -0.15) is 0 Å². The number of hydrogen-bond donors (Lipinski definition) is 1.